The summed E-state index contributed by atoms with van der Waals surface area (Å²) in [4.78, 5) is 34.7. The zero-order valence-corrected chi connectivity index (χ0v) is 14.4. The van der Waals surface area contributed by atoms with Crippen LogP contribution in [-0.2, 0) is 16.0 Å². The number of unbranched alkanes of at least 4 members (excludes halogenated alkanes) is 1. The molecule has 2 rings (SSSR count). The molecule has 0 saturated heterocycles. The molecule has 2 aromatic rings. The quantitative estimate of drug-likeness (QED) is 0.336. The van der Waals surface area contributed by atoms with Gasteiger partial charge < -0.3 is 10.1 Å². The van der Waals surface area contributed by atoms with E-state index in [9.17, 15) is 19.7 Å². The average molecular weight is 356 g/mol. The number of para-hydroxylation sites is 1. The van der Waals surface area contributed by atoms with Crippen LogP contribution in [0.1, 0.15) is 35.7 Å². The number of nitrogens with one attached hydrogen (secondary N) is 1. The SMILES string of the molecule is CCCCOC(=O)c1cccc(NC(=O)Cc2ccccc2[N+](=O)[O-])c1. The van der Waals surface area contributed by atoms with Gasteiger partial charge in [0.15, 0.2) is 0 Å². The molecule has 0 aliphatic rings. The molecule has 1 N–H and O–H groups in total. The van der Waals surface area contributed by atoms with E-state index in [1.807, 2.05) is 6.92 Å². The number of nitro groups is 1. The maximum absolute atomic E-state index is 12.2. The van der Waals surface area contributed by atoms with Gasteiger partial charge in [0, 0.05) is 17.3 Å². The molecule has 0 fully saturated rings. The topological polar surface area (TPSA) is 98.5 Å². The van der Waals surface area contributed by atoms with Crippen molar-refractivity contribution in [2.75, 3.05) is 11.9 Å². The molecular formula is C19H20N2O5. The summed E-state index contributed by atoms with van der Waals surface area (Å²) in [7, 11) is 0. The number of carbonyl (C=O) groups excluding carboxylic acids is 2. The number of anilines is 1. The lowest BCUT2D eigenvalue weighted by molar-refractivity contribution is -0.385. The normalized spacial score (nSPS) is 10.2. The van der Waals surface area contributed by atoms with Crippen LogP contribution in [0.4, 0.5) is 11.4 Å². The number of esters is 1. The minimum atomic E-state index is -0.518. The monoisotopic (exact) mass is 356 g/mol. The highest BCUT2D eigenvalue weighted by Crippen LogP contribution is 2.19. The van der Waals surface area contributed by atoms with Crippen LogP contribution in [0.15, 0.2) is 48.5 Å². The van der Waals surface area contributed by atoms with E-state index in [1.165, 1.54) is 12.1 Å². The molecular weight excluding hydrogens is 336 g/mol. The first-order valence-electron chi connectivity index (χ1n) is 8.30. The second-order valence-electron chi connectivity index (χ2n) is 5.68. The molecule has 136 valence electrons. The van der Waals surface area contributed by atoms with Gasteiger partial charge in [0.05, 0.1) is 23.5 Å². The second-order valence-corrected chi connectivity index (χ2v) is 5.68. The summed E-state index contributed by atoms with van der Waals surface area (Å²) < 4.78 is 5.14. The molecule has 2 aromatic carbocycles. The third-order valence-corrected chi connectivity index (χ3v) is 3.65. The smallest absolute Gasteiger partial charge is 0.338 e. The van der Waals surface area contributed by atoms with Crippen molar-refractivity contribution in [3.05, 3.63) is 69.8 Å². The first-order chi connectivity index (χ1) is 12.5. The number of carbonyl (C=O) groups is 2. The molecule has 0 spiro atoms. The van der Waals surface area contributed by atoms with Gasteiger partial charge in [-0.25, -0.2) is 4.79 Å². The Kier molecular flexibility index (Phi) is 6.84. The third-order valence-electron chi connectivity index (χ3n) is 3.65. The summed E-state index contributed by atoms with van der Waals surface area (Å²) in [6.45, 7) is 2.35. The van der Waals surface area contributed by atoms with Crippen LogP contribution in [0.3, 0.4) is 0 Å². The number of nitrogens with zero attached hydrogens (tertiary/aromatic N) is 1. The van der Waals surface area contributed by atoms with Gasteiger partial charge >= 0.3 is 5.97 Å². The summed E-state index contributed by atoms with van der Waals surface area (Å²) in [5.41, 5.74) is 0.990. The molecule has 0 aliphatic carbocycles. The standard InChI is InChI=1S/C19H20N2O5/c1-2-3-11-26-19(23)15-8-6-9-16(12-15)20-18(22)13-14-7-4-5-10-17(14)21(24)25/h4-10,12H,2-3,11,13H2,1H3,(H,20,22). The number of nitro benzene ring substituents is 1. The Morgan fingerprint density at radius 1 is 1.15 bits per heavy atom. The number of ether oxygens (including phenoxy) is 1. The fourth-order valence-corrected chi connectivity index (χ4v) is 2.33. The lowest BCUT2D eigenvalue weighted by atomic mass is 10.1. The van der Waals surface area contributed by atoms with Crippen molar-refractivity contribution in [3.8, 4) is 0 Å². The molecule has 0 radical (unpaired) electrons. The Bertz CT molecular complexity index is 804. The van der Waals surface area contributed by atoms with Crippen LogP contribution in [0.2, 0.25) is 0 Å². The van der Waals surface area contributed by atoms with E-state index in [-0.39, 0.29) is 12.1 Å². The van der Waals surface area contributed by atoms with Crippen LogP contribution in [0.25, 0.3) is 0 Å². The molecule has 7 nitrogen and oxygen atoms in total. The molecule has 0 unspecified atom stereocenters. The summed E-state index contributed by atoms with van der Waals surface area (Å²) >= 11 is 0. The van der Waals surface area contributed by atoms with Crippen LogP contribution >= 0.6 is 0 Å². The molecule has 7 heteroatoms. The van der Waals surface area contributed by atoms with Gasteiger partial charge in [-0.15, -0.1) is 0 Å². The highest BCUT2D eigenvalue weighted by molar-refractivity contribution is 5.95. The van der Waals surface area contributed by atoms with Crippen molar-refractivity contribution in [1.29, 1.82) is 0 Å². The number of hydrogen-bond donors (Lipinski definition) is 1. The van der Waals surface area contributed by atoms with Crippen molar-refractivity contribution < 1.29 is 19.2 Å². The highest BCUT2D eigenvalue weighted by Gasteiger charge is 2.16. The minimum Gasteiger partial charge on any atom is -0.462 e. The van der Waals surface area contributed by atoms with E-state index < -0.39 is 16.8 Å². The van der Waals surface area contributed by atoms with Crippen molar-refractivity contribution in [1.82, 2.24) is 0 Å². The number of hydrogen-bond acceptors (Lipinski definition) is 5. The Morgan fingerprint density at radius 3 is 2.65 bits per heavy atom. The fraction of sp³-hybridized carbons (Fsp3) is 0.263. The lowest BCUT2D eigenvalue weighted by Gasteiger charge is -2.08. The van der Waals surface area contributed by atoms with Gasteiger partial charge in [0.2, 0.25) is 5.91 Å². The maximum atomic E-state index is 12.2. The molecule has 0 aromatic heterocycles. The van der Waals surface area contributed by atoms with Gasteiger partial charge in [-0.05, 0) is 24.6 Å². The predicted octanol–water partition coefficient (Wildman–Crippen LogP) is 3.73. The molecule has 0 saturated carbocycles. The Morgan fingerprint density at radius 2 is 1.92 bits per heavy atom. The Balaban J connectivity index is 2.02. The first-order valence-corrected chi connectivity index (χ1v) is 8.30. The van der Waals surface area contributed by atoms with Crippen molar-refractivity contribution in [2.24, 2.45) is 0 Å². The van der Waals surface area contributed by atoms with Crippen molar-refractivity contribution in [3.63, 3.8) is 0 Å². The van der Waals surface area contributed by atoms with Gasteiger partial charge in [-0.2, -0.15) is 0 Å². The van der Waals surface area contributed by atoms with E-state index in [0.29, 0.717) is 23.4 Å². The average Bonchev–Trinajstić information content (AvgIpc) is 2.62. The van der Waals surface area contributed by atoms with E-state index in [4.69, 9.17) is 4.74 Å². The molecule has 1 amide bonds. The Hall–Kier alpha value is -3.22. The van der Waals surface area contributed by atoms with Gasteiger partial charge in [-0.1, -0.05) is 37.6 Å². The molecule has 0 atom stereocenters. The molecule has 0 heterocycles. The van der Waals surface area contributed by atoms with Crippen LogP contribution in [0.5, 0.6) is 0 Å². The van der Waals surface area contributed by atoms with Crippen molar-refractivity contribution >= 4 is 23.3 Å². The fourth-order valence-electron chi connectivity index (χ4n) is 2.33. The van der Waals surface area contributed by atoms with E-state index in [1.54, 1.807) is 36.4 Å². The van der Waals surface area contributed by atoms with Crippen molar-refractivity contribution in [2.45, 2.75) is 26.2 Å². The molecule has 0 bridgehead atoms. The highest BCUT2D eigenvalue weighted by atomic mass is 16.6. The third kappa shape index (κ3) is 5.41. The van der Waals surface area contributed by atoms with Gasteiger partial charge in [-0.3, -0.25) is 14.9 Å². The lowest BCUT2D eigenvalue weighted by Crippen LogP contribution is -2.16. The minimum absolute atomic E-state index is 0.101. The second kappa shape index (κ2) is 9.31. The summed E-state index contributed by atoms with van der Waals surface area (Å²) in [5.74, 6) is -0.857. The van der Waals surface area contributed by atoms with Crippen LogP contribution < -0.4 is 5.32 Å². The summed E-state index contributed by atoms with van der Waals surface area (Å²) in [6, 6.07) is 12.5. The molecule has 26 heavy (non-hydrogen) atoms. The number of rotatable bonds is 8. The van der Waals surface area contributed by atoms with E-state index in [2.05, 4.69) is 5.32 Å². The zero-order valence-electron chi connectivity index (χ0n) is 14.4. The van der Waals surface area contributed by atoms with Gasteiger partial charge in [0.25, 0.3) is 5.69 Å². The van der Waals surface area contributed by atoms with E-state index >= 15 is 0 Å². The number of amides is 1. The van der Waals surface area contributed by atoms with Crippen LogP contribution in [-0.4, -0.2) is 23.4 Å². The molecule has 0 aliphatic heterocycles. The summed E-state index contributed by atoms with van der Waals surface area (Å²) in [5, 5.41) is 13.7. The van der Waals surface area contributed by atoms with Gasteiger partial charge in [0.1, 0.15) is 0 Å². The predicted molar refractivity (Wildman–Crippen MR) is 97.1 cm³/mol. The largest absolute Gasteiger partial charge is 0.462 e. The summed E-state index contributed by atoms with van der Waals surface area (Å²) in [6.07, 6.45) is 1.58. The Labute approximate surface area is 151 Å². The number of benzene rings is 2. The van der Waals surface area contributed by atoms with Crippen LogP contribution in [0, 0.1) is 10.1 Å². The zero-order chi connectivity index (χ0) is 18.9. The maximum Gasteiger partial charge on any atom is 0.338 e. The first kappa shape index (κ1) is 19.1. The van der Waals surface area contributed by atoms with E-state index in [0.717, 1.165) is 12.8 Å².